The highest BCUT2D eigenvalue weighted by atomic mass is 35.5. The predicted molar refractivity (Wildman–Crippen MR) is 129 cm³/mol. The number of benzene rings is 1. The minimum atomic E-state index is -0.0874. The Morgan fingerprint density at radius 3 is 2.79 bits per heavy atom. The van der Waals surface area contributed by atoms with E-state index in [0.717, 1.165) is 56.1 Å². The van der Waals surface area contributed by atoms with Gasteiger partial charge in [-0.25, -0.2) is 0 Å². The molecule has 0 unspecified atom stereocenters. The van der Waals surface area contributed by atoms with Crippen LogP contribution in [-0.4, -0.2) is 53.4 Å². The van der Waals surface area contributed by atoms with Gasteiger partial charge in [0.05, 0.1) is 12.7 Å². The summed E-state index contributed by atoms with van der Waals surface area (Å²) in [5.41, 5.74) is 2.03. The number of hydrogen-bond donors (Lipinski definition) is 2. The quantitative estimate of drug-likeness (QED) is 0.470. The van der Waals surface area contributed by atoms with Crippen LogP contribution in [0.3, 0.4) is 0 Å². The van der Waals surface area contributed by atoms with Crippen molar-refractivity contribution in [3.05, 3.63) is 59.0 Å². The minimum absolute atomic E-state index is 0.00237. The van der Waals surface area contributed by atoms with E-state index in [-0.39, 0.29) is 11.8 Å². The number of piperidine rings is 1. The number of nitrogens with zero attached hydrogens (tertiary/aromatic N) is 2. The molecule has 1 fully saturated rings. The second kappa shape index (κ2) is 10.7. The molecule has 0 spiro atoms. The Morgan fingerprint density at radius 1 is 1.21 bits per heavy atom. The number of carbonyl (C=O) groups excluding carboxylic acids is 2. The zero-order valence-electron chi connectivity index (χ0n) is 18.8. The number of methoxy groups -OCH3 is 1. The average Bonchev–Trinajstić information content (AvgIpc) is 3.28. The summed E-state index contributed by atoms with van der Waals surface area (Å²) in [6.45, 7) is 2.16. The van der Waals surface area contributed by atoms with Crippen molar-refractivity contribution in [3.8, 4) is 5.75 Å². The summed E-state index contributed by atoms with van der Waals surface area (Å²) in [5.74, 6) is 1.03. The third kappa shape index (κ3) is 5.66. The minimum Gasteiger partial charge on any atom is -0.496 e. The molecule has 0 bridgehead atoms. The van der Waals surface area contributed by atoms with Crippen LogP contribution >= 0.6 is 11.6 Å². The highest BCUT2D eigenvalue weighted by molar-refractivity contribution is 6.30. The largest absolute Gasteiger partial charge is 0.496 e. The number of aromatic amines is 1. The first-order valence-electron chi connectivity index (χ1n) is 11.4. The lowest BCUT2D eigenvalue weighted by atomic mass is 9.91. The van der Waals surface area contributed by atoms with E-state index >= 15 is 0 Å². The lowest BCUT2D eigenvalue weighted by Gasteiger charge is -2.32. The Morgan fingerprint density at radius 2 is 2.03 bits per heavy atom. The standard InChI is InChI=1S/C25H29ClN4O3/c1-33-23-15-19(26)5-6-20(23)25(32)30-12-8-17(9-13-30)4-2-3-10-28-24(31)22-14-18-16-27-11-7-21(18)29-22/h5-7,11,14-17,29H,2-4,8-10,12-13H2,1H3,(H,28,31). The number of H-pyrrole nitrogens is 1. The summed E-state index contributed by atoms with van der Waals surface area (Å²) in [6, 6.07) is 8.81. The van der Waals surface area contributed by atoms with E-state index in [4.69, 9.17) is 16.3 Å². The molecule has 33 heavy (non-hydrogen) atoms. The smallest absolute Gasteiger partial charge is 0.267 e. The van der Waals surface area contributed by atoms with Crippen LogP contribution < -0.4 is 10.1 Å². The van der Waals surface area contributed by atoms with E-state index < -0.39 is 0 Å². The number of amides is 2. The van der Waals surface area contributed by atoms with Gasteiger partial charge in [0, 0.05) is 48.0 Å². The molecule has 1 aliphatic heterocycles. The number of rotatable bonds is 8. The molecule has 3 heterocycles. The molecule has 0 radical (unpaired) electrons. The molecular formula is C25H29ClN4O3. The van der Waals surface area contributed by atoms with E-state index in [2.05, 4.69) is 15.3 Å². The molecule has 3 aromatic rings. The number of carbonyl (C=O) groups is 2. The first-order valence-corrected chi connectivity index (χ1v) is 11.8. The number of nitrogens with one attached hydrogen (secondary N) is 2. The molecule has 2 amide bonds. The molecule has 2 aromatic heterocycles. The summed E-state index contributed by atoms with van der Waals surface area (Å²) in [5, 5.41) is 4.47. The van der Waals surface area contributed by atoms with Crippen LogP contribution in [0, 0.1) is 5.92 Å². The van der Waals surface area contributed by atoms with Crippen molar-refractivity contribution in [1.82, 2.24) is 20.2 Å². The molecule has 1 aromatic carbocycles. The van der Waals surface area contributed by atoms with Crippen LogP contribution in [-0.2, 0) is 0 Å². The molecule has 8 heteroatoms. The Kier molecular flexibility index (Phi) is 7.50. The Hall–Kier alpha value is -3.06. The van der Waals surface area contributed by atoms with Gasteiger partial charge in [0.25, 0.3) is 11.8 Å². The monoisotopic (exact) mass is 468 g/mol. The lowest BCUT2D eigenvalue weighted by molar-refractivity contribution is 0.0682. The van der Waals surface area contributed by atoms with Gasteiger partial charge in [-0.2, -0.15) is 0 Å². The number of pyridine rings is 1. The second-order valence-electron chi connectivity index (χ2n) is 8.48. The molecule has 2 N–H and O–H groups in total. The van der Waals surface area contributed by atoms with E-state index in [0.29, 0.717) is 34.5 Å². The van der Waals surface area contributed by atoms with Gasteiger partial charge in [-0.15, -0.1) is 0 Å². The number of likely N-dealkylation sites (tertiary alicyclic amines) is 1. The topological polar surface area (TPSA) is 87.3 Å². The normalized spacial score (nSPS) is 14.4. The summed E-state index contributed by atoms with van der Waals surface area (Å²) in [6.07, 6.45) is 8.55. The maximum absolute atomic E-state index is 12.9. The molecule has 0 aliphatic carbocycles. The molecule has 1 aliphatic rings. The van der Waals surface area contributed by atoms with Crippen LogP contribution in [0.5, 0.6) is 5.75 Å². The summed E-state index contributed by atoms with van der Waals surface area (Å²) >= 11 is 6.01. The van der Waals surface area contributed by atoms with Crippen LogP contribution in [0.1, 0.15) is 53.0 Å². The fraction of sp³-hybridized carbons (Fsp3) is 0.400. The van der Waals surface area contributed by atoms with Crippen molar-refractivity contribution in [2.75, 3.05) is 26.7 Å². The average molecular weight is 469 g/mol. The van der Waals surface area contributed by atoms with Crippen LogP contribution in [0.25, 0.3) is 10.9 Å². The number of hydrogen-bond acceptors (Lipinski definition) is 4. The van der Waals surface area contributed by atoms with Crippen molar-refractivity contribution in [3.63, 3.8) is 0 Å². The van der Waals surface area contributed by atoms with E-state index in [1.807, 2.05) is 17.0 Å². The van der Waals surface area contributed by atoms with Gasteiger partial charge in [-0.1, -0.05) is 24.4 Å². The Balaban J connectivity index is 1.16. The van der Waals surface area contributed by atoms with Crippen molar-refractivity contribution >= 4 is 34.3 Å². The maximum Gasteiger partial charge on any atom is 0.267 e. The predicted octanol–water partition coefficient (Wildman–Crippen LogP) is 4.68. The molecule has 1 saturated heterocycles. The number of halogens is 1. The van der Waals surface area contributed by atoms with Crippen molar-refractivity contribution < 1.29 is 14.3 Å². The van der Waals surface area contributed by atoms with Crippen LogP contribution in [0.2, 0.25) is 5.02 Å². The molecular weight excluding hydrogens is 440 g/mol. The van der Waals surface area contributed by atoms with Gasteiger partial charge in [-0.05, 0) is 55.5 Å². The van der Waals surface area contributed by atoms with Gasteiger partial charge < -0.3 is 19.9 Å². The van der Waals surface area contributed by atoms with Gasteiger partial charge >= 0.3 is 0 Å². The first kappa shape index (κ1) is 23.1. The van der Waals surface area contributed by atoms with Gasteiger partial charge in [0.15, 0.2) is 0 Å². The third-order valence-corrected chi connectivity index (χ3v) is 6.52. The highest BCUT2D eigenvalue weighted by Gasteiger charge is 2.25. The fourth-order valence-electron chi connectivity index (χ4n) is 4.39. The fourth-order valence-corrected chi connectivity index (χ4v) is 4.55. The maximum atomic E-state index is 12.9. The molecule has 7 nitrogen and oxygen atoms in total. The highest BCUT2D eigenvalue weighted by Crippen LogP contribution is 2.28. The SMILES string of the molecule is COc1cc(Cl)ccc1C(=O)N1CCC(CCCCNC(=O)c2cc3cnccc3[nH]2)CC1. The summed E-state index contributed by atoms with van der Waals surface area (Å²) < 4.78 is 5.33. The molecule has 4 rings (SSSR count). The van der Waals surface area contributed by atoms with E-state index in [1.54, 1.807) is 37.7 Å². The number of ether oxygens (including phenoxy) is 1. The molecule has 0 saturated carbocycles. The Labute approximate surface area is 198 Å². The zero-order valence-corrected chi connectivity index (χ0v) is 19.5. The number of unbranched alkanes of at least 4 members (excludes halogenated alkanes) is 1. The number of fused-ring (bicyclic) bond motifs is 1. The summed E-state index contributed by atoms with van der Waals surface area (Å²) in [7, 11) is 1.55. The molecule has 0 atom stereocenters. The third-order valence-electron chi connectivity index (χ3n) is 6.29. The van der Waals surface area contributed by atoms with Crippen molar-refractivity contribution in [1.29, 1.82) is 0 Å². The second-order valence-corrected chi connectivity index (χ2v) is 8.91. The van der Waals surface area contributed by atoms with Gasteiger partial charge in [0.1, 0.15) is 11.4 Å². The van der Waals surface area contributed by atoms with Gasteiger partial charge in [-0.3, -0.25) is 14.6 Å². The van der Waals surface area contributed by atoms with E-state index in [9.17, 15) is 9.59 Å². The van der Waals surface area contributed by atoms with Crippen LogP contribution in [0.4, 0.5) is 0 Å². The van der Waals surface area contributed by atoms with Crippen molar-refractivity contribution in [2.24, 2.45) is 5.92 Å². The zero-order chi connectivity index (χ0) is 23.2. The van der Waals surface area contributed by atoms with Crippen molar-refractivity contribution in [2.45, 2.75) is 32.1 Å². The van der Waals surface area contributed by atoms with Gasteiger partial charge in [0.2, 0.25) is 0 Å². The van der Waals surface area contributed by atoms with E-state index in [1.165, 1.54) is 0 Å². The number of aromatic nitrogens is 2. The molecule has 174 valence electrons. The lowest BCUT2D eigenvalue weighted by Crippen LogP contribution is -2.38. The first-order chi connectivity index (χ1) is 16.0. The summed E-state index contributed by atoms with van der Waals surface area (Å²) in [4.78, 5) is 34.3. The van der Waals surface area contributed by atoms with Crippen LogP contribution in [0.15, 0.2) is 42.7 Å². The Bertz CT molecular complexity index is 1090.